The first kappa shape index (κ1) is 13.9. The summed E-state index contributed by atoms with van der Waals surface area (Å²) >= 11 is 1.33. The molecule has 1 saturated heterocycles. The van der Waals surface area contributed by atoms with Crippen LogP contribution in [-0.2, 0) is 4.79 Å². The number of urea groups is 1. The van der Waals surface area contributed by atoms with Crippen molar-refractivity contribution in [2.45, 2.75) is 12.2 Å². The van der Waals surface area contributed by atoms with Gasteiger partial charge in [-0.1, -0.05) is 18.2 Å². The zero-order valence-electron chi connectivity index (χ0n) is 10.6. The van der Waals surface area contributed by atoms with Crippen LogP contribution in [0.1, 0.15) is 17.7 Å². The smallest absolute Gasteiger partial charge is 0.324 e. The van der Waals surface area contributed by atoms with Crippen LogP contribution < -0.4 is 5.32 Å². The van der Waals surface area contributed by atoms with Crippen LogP contribution in [0.15, 0.2) is 24.3 Å². The molecule has 0 aliphatic carbocycles. The largest absolute Gasteiger partial charge is 0.336 e. The predicted molar refractivity (Wildman–Crippen MR) is 72.4 cm³/mol. The molecule has 1 aliphatic rings. The second-order valence-corrected chi connectivity index (χ2v) is 5.58. The Hall–Kier alpha value is -1.56. The van der Waals surface area contributed by atoms with E-state index in [1.165, 1.54) is 22.7 Å². The molecule has 19 heavy (non-hydrogen) atoms. The van der Waals surface area contributed by atoms with Gasteiger partial charge in [-0.05, 0) is 13.0 Å². The zero-order chi connectivity index (χ0) is 13.8. The first-order valence-corrected chi connectivity index (χ1v) is 7.08. The maximum Gasteiger partial charge on any atom is 0.324 e. The van der Waals surface area contributed by atoms with E-state index in [1.54, 1.807) is 18.2 Å². The highest BCUT2D eigenvalue weighted by Gasteiger charge is 2.26. The van der Waals surface area contributed by atoms with Crippen molar-refractivity contribution >= 4 is 23.7 Å². The lowest BCUT2D eigenvalue weighted by Gasteiger charge is -2.15. The minimum absolute atomic E-state index is 0.129. The summed E-state index contributed by atoms with van der Waals surface area (Å²) in [6, 6.07) is 6.17. The molecular weight excluding hydrogens is 267 g/mol. The normalized spacial score (nSPS) is 16.3. The summed E-state index contributed by atoms with van der Waals surface area (Å²) in [7, 11) is 0. The number of halogens is 1. The number of thioether (sulfide) groups is 1. The van der Waals surface area contributed by atoms with Crippen LogP contribution in [0.25, 0.3) is 0 Å². The molecule has 1 heterocycles. The number of rotatable bonds is 4. The van der Waals surface area contributed by atoms with Gasteiger partial charge in [0, 0.05) is 23.9 Å². The maximum atomic E-state index is 13.6. The van der Waals surface area contributed by atoms with Gasteiger partial charge < -0.3 is 5.32 Å². The average molecular weight is 282 g/mol. The van der Waals surface area contributed by atoms with Crippen molar-refractivity contribution in [1.29, 1.82) is 0 Å². The molecule has 1 aromatic rings. The number of imide groups is 1. The molecular formula is C13H15FN2O2S. The Morgan fingerprint density at radius 2 is 2.26 bits per heavy atom. The average Bonchev–Trinajstić information content (AvgIpc) is 2.82. The molecule has 102 valence electrons. The molecule has 3 amide bonds. The van der Waals surface area contributed by atoms with Crippen LogP contribution in [-0.4, -0.2) is 35.7 Å². The van der Waals surface area contributed by atoms with Gasteiger partial charge in [0.25, 0.3) is 0 Å². The fourth-order valence-electron chi connectivity index (χ4n) is 1.88. The lowest BCUT2D eigenvalue weighted by molar-refractivity contribution is -0.124. The molecule has 1 atom stereocenters. The Kier molecular flexibility index (Phi) is 4.42. The van der Waals surface area contributed by atoms with E-state index >= 15 is 0 Å². The molecule has 1 fully saturated rings. The van der Waals surface area contributed by atoms with Crippen LogP contribution in [0.3, 0.4) is 0 Å². The van der Waals surface area contributed by atoms with Gasteiger partial charge in [-0.2, -0.15) is 0 Å². The Morgan fingerprint density at radius 1 is 1.53 bits per heavy atom. The highest BCUT2D eigenvalue weighted by Crippen LogP contribution is 2.30. The van der Waals surface area contributed by atoms with E-state index in [1.807, 2.05) is 6.92 Å². The molecule has 0 aromatic heterocycles. The van der Waals surface area contributed by atoms with E-state index < -0.39 is 0 Å². The van der Waals surface area contributed by atoms with Crippen LogP contribution in [0.4, 0.5) is 9.18 Å². The second-order valence-electron chi connectivity index (χ2n) is 4.25. The standard InChI is InChI=1S/C13H15FN2O2S/c1-9(10-4-2-3-5-11(10)14)19-8-12(17)16-7-6-15-13(16)18/h2-5,9H,6-8H2,1H3,(H,15,18). The molecule has 0 bridgehead atoms. The summed E-state index contributed by atoms with van der Waals surface area (Å²) in [4.78, 5) is 24.3. The van der Waals surface area contributed by atoms with Gasteiger partial charge in [0.05, 0.1) is 5.75 Å². The van der Waals surface area contributed by atoms with E-state index in [0.29, 0.717) is 18.7 Å². The summed E-state index contributed by atoms with van der Waals surface area (Å²) in [5.74, 6) is -0.333. The van der Waals surface area contributed by atoms with Gasteiger partial charge in [0.15, 0.2) is 0 Å². The van der Waals surface area contributed by atoms with Crippen LogP contribution in [0, 0.1) is 5.82 Å². The van der Waals surface area contributed by atoms with E-state index in [0.717, 1.165) is 0 Å². The van der Waals surface area contributed by atoms with E-state index in [9.17, 15) is 14.0 Å². The molecule has 1 aliphatic heterocycles. The van der Waals surface area contributed by atoms with Crippen molar-refractivity contribution in [2.75, 3.05) is 18.8 Å². The number of amides is 3. The highest BCUT2D eigenvalue weighted by atomic mass is 32.2. The van der Waals surface area contributed by atoms with E-state index in [2.05, 4.69) is 5.32 Å². The number of hydrogen-bond donors (Lipinski definition) is 1. The number of carbonyl (C=O) groups excluding carboxylic acids is 2. The Labute approximate surface area is 115 Å². The summed E-state index contributed by atoms with van der Waals surface area (Å²) in [6.45, 7) is 2.75. The fourth-order valence-corrected chi connectivity index (χ4v) is 2.80. The van der Waals surface area contributed by atoms with Gasteiger partial charge in [-0.25, -0.2) is 9.18 Å². The third-order valence-corrected chi connectivity index (χ3v) is 4.13. The molecule has 0 saturated carbocycles. The zero-order valence-corrected chi connectivity index (χ0v) is 11.4. The van der Waals surface area contributed by atoms with E-state index in [-0.39, 0.29) is 28.8 Å². The van der Waals surface area contributed by atoms with Crippen LogP contribution >= 0.6 is 11.8 Å². The third kappa shape index (κ3) is 3.26. The molecule has 2 rings (SSSR count). The number of nitrogens with one attached hydrogen (secondary N) is 1. The molecule has 1 N–H and O–H groups in total. The summed E-state index contributed by atoms with van der Waals surface area (Å²) in [6.07, 6.45) is 0. The second kappa shape index (κ2) is 6.06. The van der Waals surface area contributed by atoms with E-state index in [4.69, 9.17) is 0 Å². The minimum atomic E-state index is -0.343. The molecule has 1 aromatic carbocycles. The fraction of sp³-hybridized carbons (Fsp3) is 0.385. The van der Waals surface area contributed by atoms with Crippen LogP contribution in [0.5, 0.6) is 0 Å². The number of carbonyl (C=O) groups is 2. The molecule has 4 nitrogen and oxygen atoms in total. The van der Waals surface area contributed by atoms with Crippen molar-refractivity contribution < 1.29 is 14.0 Å². The lowest BCUT2D eigenvalue weighted by atomic mass is 10.1. The SMILES string of the molecule is CC(SCC(=O)N1CCNC1=O)c1ccccc1F. The first-order chi connectivity index (χ1) is 9.09. The van der Waals surface area contributed by atoms with Crippen LogP contribution in [0.2, 0.25) is 0 Å². The Balaban J connectivity index is 1.90. The van der Waals surface area contributed by atoms with Crippen molar-refractivity contribution in [2.24, 2.45) is 0 Å². The van der Waals surface area contributed by atoms with Gasteiger partial charge in [0.2, 0.25) is 5.91 Å². The molecule has 0 radical (unpaired) electrons. The van der Waals surface area contributed by atoms with Crippen molar-refractivity contribution in [3.05, 3.63) is 35.6 Å². The number of hydrogen-bond acceptors (Lipinski definition) is 3. The Bertz CT molecular complexity index is 495. The Morgan fingerprint density at radius 3 is 2.89 bits per heavy atom. The van der Waals surface area contributed by atoms with Gasteiger partial charge >= 0.3 is 6.03 Å². The quantitative estimate of drug-likeness (QED) is 0.920. The van der Waals surface area contributed by atoms with Crippen molar-refractivity contribution in [1.82, 2.24) is 10.2 Å². The summed E-state index contributed by atoms with van der Waals surface area (Å²) in [5.41, 5.74) is 0.575. The van der Waals surface area contributed by atoms with Gasteiger partial charge in [-0.15, -0.1) is 11.8 Å². The maximum absolute atomic E-state index is 13.6. The monoisotopic (exact) mass is 282 g/mol. The van der Waals surface area contributed by atoms with Crippen molar-refractivity contribution in [3.63, 3.8) is 0 Å². The highest BCUT2D eigenvalue weighted by molar-refractivity contribution is 8.00. The lowest BCUT2D eigenvalue weighted by Crippen LogP contribution is -2.35. The topological polar surface area (TPSA) is 49.4 Å². The summed E-state index contributed by atoms with van der Waals surface area (Å²) in [5, 5.41) is 2.45. The van der Waals surface area contributed by atoms with Crippen molar-refractivity contribution in [3.8, 4) is 0 Å². The predicted octanol–water partition coefficient (Wildman–Crippen LogP) is 2.17. The number of nitrogens with zero attached hydrogens (tertiary/aromatic N) is 1. The third-order valence-electron chi connectivity index (χ3n) is 2.96. The molecule has 6 heteroatoms. The molecule has 1 unspecified atom stereocenters. The minimum Gasteiger partial charge on any atom is -0.336 e. The van der Waals surface area contributed by atoms with Gasteiger partial charge in [0.1, 0.15) is 5.82 Å². The first-order valence-electron chi connectivity index (χ1n) is 6.04. The molecule has 0 spiro atoms. The van der Waals surface area contributed by atoms with Gasteiger partial charge in [-0.3, -0.25) is 9.69 Å². The number of benzene rings is 1. The summed E-state index contributed by atoms with van der Waals surface area (Å²) < 4.78 is 13.6.